The van der Waals surface area contributed by atoms with Crippen molar-refractivity contribution in [1.29, 1.82) is 0 Å². The van der Waals surface area contributed by atoms with Gasteiger partial charge in [-0.1, -0.05) is 17.7 Å². The average molecular weight is 260 g/mol. The van der Waals surface area contributed by atoms with E-state index in [0.717, 1.165) is 16.6 Å². The molecule has 0 spiro atoms. The molecule has 0 saturated heterocycles. The van der Waals surface area contributed by atoms with E-state index in [1.165, 1.54) is 0 Å². The Hall–Kier alpha value is -2.20. The van der Waals surface area contributed by atoms with Crippen molar-refractivity contribution in [1.82, 2.24) is 9.97 Å². The Morgan fingerprint density at radius 1 is 1.22 bits per heavy atom. The molecule has 0 atom stereocenters. The molecule has 0 fully saturated rings. The molecule has 4 N–H and O–H groups in total. The molecule has 0 radical (unpaired) electrons. The zero-order valence-electron chi connectivity index (χ0n) is 9.31. The predicted molar refractivity (Wildman–Crippen MR) is 72.6 cm³/mol. The number of imidazole rings is 1. The quantitative estimate of drug-likeness (QED) is 0.464. The second kappa shape index (κ2) is 3.92. The number of phenols is 1. The first-order valence-electron chi connectivity index (χ1n) is 5.38. The largest absolute Gasteiger partial charge is 0.506 e. The van der Waals surface area contributed by atoms with Crippen LogP contribution in [0.4, 0.5) is 5.69 Å². The van der Waals surface area contributed by atoms with E-state index in [1.54, 1.807) is 24.3 Å². The summed E-state index contributed by atoms with van der Waals surface area (Å²) in [6.45, 7) is 0. The summed E-state index contributed by atoms with van der Waals surface area (Å²) in [6, 6.07) is 10.5. The Morgan fingerprint density at radius 2 is 2.06 bits per heavy atom. The van der Waals surface area contributed by atoms with Crippen LogP contribution in [0, 0.1) is 0 Å². The van der Waals surface area contributed by atoms with Crippen LogP contribution < -0.4 is 5.73 Å². The first-order chi connectivity index (χ1) is 8.65. The molecule has 5 heteroatoms. The van der Waals surface area contributed by atoms with Gasteiger partial charge in [-0.3, -0.25) is 0 Å². The zero-order chi connectivity index (χ0) is 12.7. The smallest absolute Gasteiger partial charge is 0.138 e. The number of rotatable bonds is 1. The number of aromatic hydroxyl groups is 1. The third-order valence-electron chi connectivity index (χ3n) is 2.76. The maximum atomic E-state index is 9.40. The molecule has 90 valence electrons. The number of aromatic amines is 1. The number of halogens is 1. The minimum Gasteiger partial charge on any atom is -0.506 e. The molecule has 18 heavy (non-hydrogen) atoms. The van der Waals surface area contributed by atoms with Crippen LogP contribution in [-0.4, -0.2) is 15.1 Å². The second-order valence-electron chi connectivity index (χ2n) is 4.00. The van der Waals surface area contributed by atoms with Crippen LogP contribution in [0.25, 0.3) is 22.4 Å². The Labute approximate surface area is 108 Å². The van der Waals surface area contributed by atoms with Crippen molar-refractivity contribution in [3.63, 3.8) is 0 Å². The second-order valence-corrected chi connectivity index (χ2v) is 4.40. The SMILES string of the molecule is Nc1cc(-c2nc3c(Cl)cccc3[nH]2)ccc1O. The van der Waals surface area contributed by atoms with Gasteiger partial charge in [0.25, 0.3) is 0 Å². The van der Waals surface area contributed by atoms with Gasteiger partial charge in [0.15, 0.2) is 0 Å². The Kier molecular flexibility index (Phi) is 2.38. The van der Waals surface area contributed by atoms with Gasteiger partial charge in [0.2, 0.25) is 0 Å². The van der Waals surface area contributed by atoms with E-state index < -0.39 is 0 Å². The van der Waals surface area contributed by atoms with Gasteiger partial charge in [0.1, 0.15) is 17.1 Å². The third-order valence-corrected chi connectivity index (χ3v) is 3.07. The maximum absolute atomic E-state index is 9.40. The Morgan fingerprint density at radius 3 is 2.78 bits per heavy atom. The standard InChI is InChI=1S/C13H10ClN3O/c14-8-2-1-3-10-12(8)17-13(16-10)7-4-5-11(18)9(15)6-7/h1-6,18H,15H2,(H,16,17). The van der Waals surface area contributed by atoms with Crippen LogP contribution in [-0.2, 0) is 0 Å². The summed E-state index contributed by atoms with van der Waals surface area (Å²) in [5.41, 5.74) is 8.37. The lowest BCUT2D eigenvalue weighted by Crippen LogP contribution is -1.87. The molecule has 2 aromatic carbocycles. The number of nitrogens with two attached hydrogens (primary N) is 1. The Balaban J connectivity index is 2.19. The molecule has 4 nitrogen and oxygen atoms in total. The normalized spacial score (nSPS) is 10.9. The van der Waals surface area contributed by atoms with E-state index in [1.807, 2.05) is 12.1 Å². The van der Waals surface area contributed by atoms with Crippen molar-refractivity contribution in [2.45, 2.75) is 0 Å². The highest BCUT2D eigenvalue weighted by Gasteiger charge is 2.08. The number of H-pyrrole nitrogens is 1. The minimum atomic E-state index is 0.0629. The molecule has 1 aromatic heterocycles. The molecular formula is C13H10ClN3O. The fraction of sp³-hybridized carbons (Fsp3) is 0. The summed E-state index contributed by atoms with van der Waals surface area (Å²) in [5.74, 6) is 0.734. The lowest BCUT2D eigenvalue weighted by atomic mass is 10.2. The lowest BCUT2D eigenvalue weighted by molar-refractivity contribution is 0.478. The van der Waals surface area contributed by atoms with Crippen LogP contribution >= 0.6 is 11.6 Å². The molecule has 0 amide bonds. The van der Waals surface area contributed by atoms with Crippen LogP contribution in [0.5, 0.6) is 5.75 Å². The molecule has 0 saturated carbocycles. The molecule has 3 aromatic rings. The molecule has 0 aliphatic heterocycles. The van der Waals surface area contributed by atoms with Crippen LogP contribution in [0.1, 0.15) is 0 Å². The number of fused-ring (bicyclic) bond motifs is 1. The van der Waals surface area contributed by atoms with Gasteiger partial charge in [-0.2, -0.15) is 0 Å². The van der Waals surface area contributed by atoms with Gasteiger partial charge in [-0.05, 0) is 30.3 Å². The number of nitrogens with one attached hydrogen (secondary N) is 1. The summed E-state index contributed by atoms with van der Waals surface area (Å²) < 4.78 is 0. The first kappa shape index (κ1) is 10.9. The predicted octanol–water partition coefficient (Wildman–Crippen LogP) is 3.17. The van der Waals surface area contributed by atoms with Crippen molar-refractivity contribution in [3.8, 4) is 17.1 Å². The van der Waals surface area contributed by atoms with Gasteiger partial charge in [0, 0.05) is 5.56 Å². The summed E-state index contributed by atoms with van der Waals surface area (Å²) in [5, 5.41) is 10.00. The lowest BCUT2D eigenvalue weighted by Gasteiger charge is -2.00. The van der Waals surface area contributed by atoms with E-state index in [4.69, 9.17) is 17.3 Å². The van der Waals surface area contributed by atoms with E-state index in [2.05, 4.69) is 9.97 Å². The van der Waals surface area contributed by atoms with E-state index >= 15 is 0 Å². The highest BCUT2D eigenvalue weighted by molar-refractivity contribution is 6.35. The number of para-hydroxylation sites is 1. The summed E-state index contributed by atoms with van der Waals surface area (Å²) >= 11 is 6.07. The molecule has 0 unspecified atom stereocenters. The summed E-state index contributed by atoms with van der Waals surface area (Å²) in [7, 11) is 0. The third kappa shape index (κ3) is 1.67. The number of benzene rings is 2. The van der Waals surface area contributed by atoms with Gasteiger partial charge in [-0.25, -0.2) is 4.98 Å². The average Bonchev–Trinajstić information content (AvgIpc) is 2.78. The first-order valence-corrected chi connectivity index (χ1v) is 5.76. The number of nitrogens with zero attached hydrogens (tertiary/aromatic N) is 1. The van der Waals surface area contributed by atoms with Crippen molar-refractivity contribution >= 4 is 28.3 Å². The number of nitrogen functional groups attached to an aromatic ring is 1. The fourth-order valence-corrected chi connectivity index (χ4v) is 2.05. The van der Waals surface area contributed by atoms with Crippen molar-refractivity contribution in [2.75, 3.05) is 5.73 Å². The summed E-state index contributed by atoms with van der Waals surface area (Å²) in [6.07, 6.45) is 0. The summed E-state index contributed by atoms with van der Waals surface area (Å²) in [4.78, 5) is 7.60. The van der Waals surface area contributed by atoms with Crippen LogP contribution in [0.3, 0.4) is 0 Å². The highest BCUT2D eigenvalue weighted by atomic mass is 35.5. The number of aromatic nitrogens is 2. The Bertz CT molecular complexity index is 736. The fourth-order valence-electron chi connectivity index (χ4n) is 1.84. The van der Waals surface area contributed by atoms with Gasteiger partial charge in [0.05, 0.1) is 16.2 Å². The molecule has 3 rings (SSSR count). The van der Waals surface area contributed by atoms with E-state index in [-0.39, 0.29) is 5.75 Å². The topological polar surface area (TPSA) is 74.9 Å². The van der Waals surface area contributed by atoms with Crippen LogP contribution in [0.2, 0.25) is 5.02 Å². The van der Waals surface area contributed by atoms with Gasteiger partial charge >= 0.3 is 0 Å². The molecule has 0 aliphatic carbocycles. The minimum absolute atomic E-state index is 0.0629. The van der Waals surface area contributed by atoms with Crippen molar-refractivity contribution in [2.24, 2.45) is 0 Å². The van der Waals surface area contributed by atoms with Crippen molar-refractivity contribution < 1.29 is 5.11 Å². The molecular weight excluding hydrogens is 250 g/mol. The molecule has 1 heterocycles. The monoisotopic (exact) mass is 259 g/mol. The van der Waals surface area contributed by atoms with Gasteiger partial charge in [-0.15, -0.1) is 0 Å². The number of hydrogen-bond donors (Lipinski definition) is 3. The zero-order valence-corrected chi connectivity index (χ0v) is 10.1. The number of hydrogen-bond acceptors (Lipinski definition) is 3. The number of phenolic OH excluding ortho intramolecular Hbond substituents is 1. The van der Waals surface area contributed by atoms with Gasteiger partial charge < -0.3 is 15.8 Å². The molecule has 0 aliphatic rings. The molecule has 0 bridgehead atoms. The maximum Gasteiger partial charge on any atom is 0.138 e. The van der Waals surface area contributed by atoms with E-state index in [0.29, 0.717) is 16.5 Å². The van der Waals surface area contributed by atoms with Crippen molar-refractivity contribution in [3.05, 3.63) is 41.4 Å². The number of anilines is 1. The van der Waals surface area contributed by atoms with Crippen LogP contribution in [0.15, 0.2) is 36.4 Å². The highest BCUT2D eigenvalue weighted by Crippen LogP contribution is 2.29. The van der Waals surface area contributed by atoms with E-state index in [9.17, 15) is 5.11 Å².